The summed E-state index contributed by atoms with van der Waals surface area (Å²) >= 11 is 0. The lowest BCUT2D eigenvalue weighted by Gasteiger charge is -2.45. The van der Waals surface area contributed by atoms with E-state index in [1.54, 1.807) is 0 Å². The molecule has 33 heavy (non-hydrogen) atoms. The smallest absolute Gasteiger partial charge is 0.184 e. The molecule has 6 heteroatoms. The van der Waals surface area contributed by atoms with Gasteiger partial charge in [-0.2, -0.15) is 0 Å². The Morgan fingerprint density at radius 3 is 1.27 bits per heavy atom. The zero-order chi connectivity index (χ0) is 22.0. The molecule has 3 saturated heterocycles. The van der Waals surface area contributed by atoms with Crippen molar-refractivity contribution in [3.63, 3.8) is 0 Å². The molecule has 0 aliphatic carbocycles. The fourth-order valence-electron chi connectivity index (χ4n) is 4.59. The molecule has 3 aromatic rings. The number of ether oxygens (including phenoxy) is 6. The molecule has 0 radical (unpaired) electrons. The number of hydrogen-bond donors (Lipinski definition) is 0. The maximum absolute atomic E-state index is 6.49. The lowest BCUT2D eigenvalue weighted by Crippen LogP contribution is -2.57. The second kappa shape index (κ2) is 9.35. The summed E-state index contributed by atoms with van der Waals surface area (Å²) in [7, 11) is 0. The molecule has 3 heterocycles. The highest BCUT2D eigenvalue weighted by Crippen LogP contribution is 2.41. The zero-order valence-corrected chi connectivity index (χ0v) is 18.1. The van der Waals surface area contributed by atoms with Gasteiger partial charge in [0.15, 0.2) is 18.9 Å². The molecule has 3 aromatic carbocycles. The molecule has 3 aliphatic rings. The first-order valence-corrected chi connectivity index (χ1v) is 11.3. The molecular formula is C27H26O6. The van der Waals surface area contributed by atoms with E-state index >= 15 is 0 Å². The highest BCUT2D eigenvalue weighted by molar-refractivity contribution is 5.19. The second-order valence-electron chi connectivity index (χ2n) is 8.44. The van der Waals surface area contributed by atoms with E-state index in [0.29, 0.717) is 13.2 Å². The van der Waals surface area contributed by atoms with Crippen molar-refractivity contribution in [1.82, 2.24) is 0 Å². The Morgan fingerprint density at radius 1 is 0.424 bits per heavy atom. The van der Waals surface area contributed by atoms with E-state index in [-0.39, 0.29) is 12.2 Å². The molecule has 4 bridgehead atoms. The molecule has 3 fully saturated rings. The van der Waals surface area contributed by atoms with Crippen molar-refractivity contribution in [2.24, 2.45) is 0 Å². The first-order chi connectivity index (χ1) is 16.3. The number of benzene rings is 3. The average Bonchev–Trinajstić information content (AvgIpc) is 3.09. The molecule has 170 valence electrons. The molecule has 0 aromatic heterocycles. The Hall–Kier alpha value is -2.58. The van der Waals surface area contributed by atoms with Crippen molar-refractivity contribution in [2.45, 2.75) is 43.3 Å². The Labute approximate surface area is 192 Å². The van der Waals surface area contributed by atoms with E-state index in [9.17, 15) is 0 Å². The van der Waals surface area contributed by atoms with Crippen LogP contribution in [0.3, 0.4) is 0 Å². The molecule has 6 rings (SSSR count). The topological polar surface area (TPSA) is 55.4 Å². The normalized spacial score (nSPS) is 34.0. The van der Waals surface area contributed by atoms with Gasteiger partial charge in [0.2, 0.25) is 0 Å². The quantitative estimate of drug-likeness (QED) is 0.582. The van der Waals surface area contributed by atoms with E-state index in [0.717, 1.165) is 16.7 Å². The molecule has 6 nitrogen and oxygen atoms in total. The summed E-state index contributed by atoms with van der Waals surface area (Å²) in [6.07, 6.45) is -3.14. The van der Waals surface area contributed by atoms with E-state index in [1.165, 1.54) is 0 Å². The van der Waals surface area contributed by atoms with Gasteiger partial charge in [-0.1, -0.05) is 91.0 Å². The van der Waals surface area contributed by atoms with E-state index < -0.39 is 31.1 Å². The Bertz CT molecular complexity index is 939. The van der Waals surface area contributed by atoms with Crippen molar-refractivity contribution in [3.8, 4) is 0 Å². The van der Waals surface area contributed by atoms with Crippen LogP contribution in [0.2, 0.25) is 0 Å². The van der Waals surface area contributed by atoms with Gasteiger partial charge in [-0.25, -0.2) is 0 Å². The van der Waals surface area contributed by atoms with Crippen molar-refractivity contribution in [3.05, 3.63) is 108 Å². The minimum Gasteiger partial charge on any atom is -0.346 e. The van der Waals surface area contributed by atoms with Crippen LogP contribution in [0.1, 0.15) is 35.6 Å². The van der Waals surface area contributed by atoms with Crippen molar-refractivity contribution in [2.75, 3.05) is 13.2 Å². The predicted molar refractivity (Wildman–Crippen MR) is 119 cm³/mol. The third-order valence-corrected chi connectivity index (χ3v) is 6.25. The average molecular weight is 446 g/mol. The van der Waals surface area contributed by atoms with E-state index in [4.69, 9.17) is 28.4 Å². The largest absolute Gasteiger partial charge is 0.346 e. The Kier molecular flexibility index (Phi) is 5.94. The molecule has 0 spiro atoms. The van der Waals surface area contributed by atoms with Gasteiger partial charge in [0, 0.05) is 16.7 Å². The van der Waals surface area contributed by atoms with Crippen molar-refractivity contribution < 1.29 is 28.4 Å². The second-order valence-corrected chi connectivity index (χ2v) is 8.44. The minimum atomic E-state index is -0.542. The van der Waals surface area contributed by atoms with Crippen LogP contribution >= 0.6 is 0 Å². The van der Waals surface area contributed by atoms with Gasteiger partial charge in [-0.15, -0.1) is 0 Å². The fraction of sp³-hybridized carbons (Fsp3) is 0.333. The first-order valence-electron chi connectivity index (χ1n) is 11.3. The summed E-state index contributed by atoms with van der Waals surface area (Å²) in [6, 6.07) is 29.7. The standard InChI is InChI=1S/C27H26O6/c1-4-10-18(11-5-1)25-28-17-22-23-24(33-27(31-22)20-14-8-3-9-15-20)21(30-25)16-29-26(32-23)19-12-6-2-7-13-19/h1-15,21-27H,16-17H2/t21-,22+,23-,24-,25?,26?,27?/m1/s1. The molecule has 3 unspecified atom stereocenters. The summed E-state index contributed by atoms with van der Waals surface area (Å²) in [5, 5.41) is 0. The molecule has 7 atom stereocenters. The Balaban J connectivity index is 1.34. The molecule has 0 saturated carbocycles. The molecular weight excluding hydrogens is 420 g/mol. The monoisotopic (exact) mass is 446 g/mol. The van der Waals surface area contributed by atoms with Gasteiger partial charge in [0.1, 0.15) is 24.4 Å². The summed E-state index contributed by atoms with van der Waals surface area (Å²) in [5.74, 6) is 0. The summed E-state index contributed by atoms with van der Waals surface area (Å²) in [6.45, 7) is 0.614. The third kappa shape index (κ3) is 4.34. The molecule has 3 aliphatic heterocycles. The SMILES string of the molecule is c1ccc(C2OC[C@H]3OC(c4ccccc4)OC[C@@H]4OC(c5ccccc5)O[C@H]3[C@@H]4O2)cc1. The maximum Gasteiger partial charge on any atom is 0.184 e. The van der Waals surface area contributed by atoms with Gasteiger partial charge in [0.05, 0.1) is 13.2 Å². The van der Waals surface area contributed by atoms with Gasteiger partial charge in [-0.05, 0) is 0 Å². The molecule has 0 amide bonds. The summed E-state index contributed by atoms with van der Waals surface area (Å²) in [5.41, 5.74) is 2.84. The summed E-state index contributed by atoms with van der Waals surface area (Å²) in [4.78, 5) is 0. The van der Waals surface area contributed by atoms with E-state index in [2.05, 4.69) is 0 Å². The van der Waals surface area contributed by atoms with Gasteiger partial charge >= 0.3 is 0 Å². The fourth-order valence-corrected chi connectivity index (χ4v) is 4.59. The third-order valence-electron chi connectivity index (χ3n) is 6.25. The summed E-state index contributed by atoms with van der Waals surface area (Å²) < 4.78 is 38.3. The van der Waals surface area contributed by atoms with Crippen LogP contribution in [0.25, 0.3) is 0 Å². The van der Waals surface area contributed by atoms with Crippen molar-refractivity contribution >= 4 is 0 Å². The minimum absolute atomic E-state index is 0.307. The van der Waals surface area contributed by atoms with Crippen LogP contribution < -0.4 is 0 Å². The first kappa shape index (κ1) is 21.0. The number of rotatable bonds is 3. The predicted octanol–water partition coefficient (Wildman–Crippen LogP) is 4.70. The van der Waals surface area contributed by atoms with Gasteiger partial charge in [-0.3, -0.25) is 0 Å². The van der Waals surface area contributed by atoms with Gasteiger partial charge in [0.25, 0.3) is 0 Å². The lowest BCUT2D eigenvalue weighted by molar-refractivity contribution is -0.354. The van der Waals surface area contributed by atoms with Crippen LogP contribution in [-0.4, -0.2) is 37.6 Å². The highest BCUT2D eigenvalue weighted by Gasteiger charge is 2.50. The molecule has 0 N–H and O–H groups in total. The lowest BCUT2D eigenvalue weighted by atomic mass is 10.00. The van der Waals surface area contributed by atoms with Crippen LogP contribution in [0.15, 0.2) is 91.0 Å². The zero-order valence-electron chi connectivity index (χ0n) is 18.1. The Morgan fingerprint density at radius 2 is 0.788 bits per heavy atom. The van der Waals surface area contributed by atoms with Crippen molar-refractivity contribution in [1.29, 1.82) is 0 Å². The van der Waals surface area contributed by atoms with Crippen LogP contribution in [0.4, 0.5) is 0 Å². The van der Waals surface area contributed by atoms with E-state index in [1.807, 2.05) is 91.0 Å². The number of hydrogen-bond acceptors (Lipinski definition) is 6. The maximum atomic E-state index is 6.49. The highest BCUT2D eigenvalue weighted by atomic mass is 16.8. The van der Waals surface area contributed by atoms with Gasteiger partial charge < -0.3 is 28.4 Å². The van der Waals surface area contributed by atoms with Crippen LogP contribution in [-0.2, 0) is 28.4 Å². The van der Waals surface area contributed by atoms with Crippen LogP contribution in [0.5, 0.6) is 0 Å². The van der Waals surface area contributed by atoms with Crippen LogP contribution in [0, 0.1) is 0 Å².